The number of sulfonamides is 1. The van der Waals surface area contributed by atoms with E-state index in [1.54, 1.807) is 32.2 Å². The number of rotatable bonds is 9. The maximum Gasteiger partial charge on any atom is 0.240 e. The number of unbranched alkanes of at least 4 members (excludes halogenated alkanes) is 1. The fourth-order valence-electron chi connectivity index (χ4n) is 3.57. The van der Waals surface area contributed by atoms with Crippen molar-refractivity contribution in [3.05, 3.63) is 59.7 Å². The number of ether oxygens (including phenoxy) is 2. The number of hydrogen-bond acceptors (Lipinski definition) is 5. The monoisotopic (exact) mass is 418 g/mol. The number of hydrogen-bond donors (Lipinski definition) is 1. The third-order valence-electron chi connectivity index (χ3n) is 5.19. The Kier molecular flexibility index (Phi) is 7.66. The molecule has 0 aliphatic carbocycles. The lowest BCUT2D eigenvalue weighted by Gasteiger charge is -2.33. The Morgan fingerprint density at radius 2 is 1.97 bits per heavy atom. The van der Waals surface area contributed by atoms with Crippen molar-refractivity contribution < 1.29 is 17.9 Å². The molecule has 0 bridgehead atoms. The van der Waals surface area contributed by atoms with Crippen molar-refractivity contribution in [3.63, 3.8) is 0 Å². The second-order valence-electron chi connectivity index (χ2n) is 7.31. The van der Waals surface area contributed by atoms with Gasteiger partial charge >= 0.3 is 0 Å². The predicted octanol–water partition coefficient (Wildman–Crippen LogP) is 3.14. The molecule has 1 aliphatic rings. The summed E-state index contributed by atoms with van der Waals surface area (Å²) in [5.74, 6) is 0.653. The topological polar surface area (TPSA) is 67.9 Å². The van der Waals surface area contributed by atoms with E-state index in [0.29, 0.717) is 22.8 Å². The van der Waals surface area contributed by atoms with Gasteiger partial charge in [0.1, 0.15) is 5.75 Å². The van der Waals surface area contributed by atoms with Crippen LogP contribution in [-0.4, -0.2) is 53.2 Å². The van der Waals surface area contributed by atoms with E-state index in [-0.39, 0.29) is 6.10 Å². The zero-order chi connectivity index (χ0) is 20.7. The fraction of sp³-hybridized carbons (Fsp3) is 0.455. The van der Waals surface area contributed by atoms with E-state index in [1.807, 2.05) is 18.2 Å². The van der Waals surface area contributed by atoms with Gasteiger partial charge in [0.15, 0.2) is 0 Å². The number of nitrogens with zero attached hydrogens (tertiary/aromatic N) is 1. The largest absolute Gasteiger partial charge is 0.497 e. The summed E-state index contributed by atoms with van der Waals surface area (Å²) in [6, 6.07) is 15.3. The third-order valence-corrected chi connectivity index (χ3v) is 6.81. The smallest absolute Gasteiger partial charge is 0.240 e. The highest BCUT2D eigenvalue weighted by atomic mass is 32.2. The maximum absolute atomic E-state index is 12.5. The lowest BCUT2D eigenvalue weighted by atomic mass is 10.1. The van der Waals surface area contributed by atoms with Gasteiger partial charge in [-0.3, -0.25) is 4.90 Å². The zero-order valence-electron chi connectivity index (χ0n) is 17.1. The summed E-state index contributed by atoms with van der Waals surface area (Å²) in [6.45, 7) is 5.67. The minimum absolute atomic E-state index is 0.113. The quantitative estimate of drug-likeness (QED) is 0.634. The molecule has 0 saturated carbocycles. The molecule has 29 heavy (non-hydrogen) atoms. The average Bonchev–Trinajstić information content (AvgIpc) is 2.74. The molecule has 0 aromatic heterocycles. The highest BCUT2D eigenvalue weighted by molar-refractivity contribution is 7.89. The highest BCUT2D eigenvalue weighted by Crippen LogP contribution is 2.22. The number of methoxy groups -OCH3 is 1. The van der Waals surface area contributed by atoms with Gasteiger partial charge in [0.25, 0.3) is 0 Å². The molecule has 1 fully saturated rings. The van der Waals surface area contributed by atoms with E-state index in [2.05, 4.69) is 21.8 Å². The minimum atomic E-state index is -3.51. The molecule has 6 nitrogen and oxygen atoms in total. The molecule has 158 valence electrons. The Hall–Kier alpha value is -1.93. The Labute approximate surface area is 173 Å². The number of morpholine rings is 1. The van der Waals surface area contributed by atoms with Crippen LogP contribution in [0, 0.1) is 6.92 Å². The lowest BCUT2D eigenvalue weighted by molar-refractivity contribution is -0.0303. The summed E-state index contributed by atoms with van der Waals surface area (Å²) in [5, 5.41) is 0. The average molecular weight is 419 g/mol. The summed E-state index contributed by atoms with van der Waals surface area (Å²) in [6.07, 6.45) is 1.84. The van der Waals surface area contributed by atoms with E-state index in [0.717, 1.165) is 39.1 Å². The van der Waals surface area contributed by atoms with Crippen LogP contribution in [0.1, 0.15) is 30.1 Å². The van der Waals surface area contributed by atoms with Crippen LogP contribution in [0.3, 0.4) is 0 Å². The van der Waals surface area contributed by atoms with Gasteiger partial charge in [0.2, 0.25) is 10.0 Å². The Balaban J connectivity index is 1.42. The van der Waals surface area contributed by atoms with Gasteiger partial charge in [-0.25, -0.2) is 13.1 Å². The fourth-order valence-corrected chi connectivity index (χ4v) is 4.87. The summed E-state index contributed by atoms with van der Waals surface area (Å²) in [4.78, 5) is 2.70. The number of nitrogens with one attached hydrogen (secondary N) is 1. The molecular weight excluding hydrogens is 388 g/mol. The van der Waals surface area contributed by atoms with Crippen LogP contribution in [0.25, 0.3) is 0 Å². The zero-order valence-corrected chi connectivity index (χ0v) is 18.0. The van der Waals surface area contributed by atoms with Crippen molar-refractivity contribution in [3.8, 4) is 5.75 Å². The van der Waals surface area contributed by atoms with Crippen molar-refractivity contribution in [1.29, 1.82) is 0 Å². The van der Waals surface area contributed by atoms with Crippen LogP contribution in [0.2, 0.25) is 0 Å². The highest BCUT2D eigenvalue weighted by Gasteiger charge is 2.21. The maximum atomic E-state index is 12.5. The van der Waals surface area contributed by atoms with E-state index < -0.39 is 10.0 Å². The number of aryl methyl sites for hydroxylation is 1. The summed E-state index contributed by atoms with van der Waals surface area (Å²) >= 11 is 0. The molecule has 1 N–H and O–H groups in total. The van der Waals surface area contributed by atoms with Gasteiger partial charge in [0, 0.05) is 19.6 Å². The first kappa shape index (κ1) is 21.8. The molecule has 1 saturated heterocycles. The molecule has 1 aliphatic heterocycles. The SMILES string of the molecule is COc1ccc(S(=O)(=O)NCCCCN2CCO[C@H](c3ccccc3)C2)c(C)c1. The predicted molar refractivity (Wildman–Crippen MR) is 114 cm³/mol. The van der Waals surface area contributed by atoms with Gasteiger partial charge < -0.3 is 9.47 Å². The third kappa shape index (κ3) is 6.02. The Morgan fingerprint density at radius 1 is 1.17 bits per heavy atom. The summed E-state index contributed by atoms with van der Waals surface area (Å²) < 4.78 is 38.8. The van der Waals surface area contributed by atoms with Gasteiger partial charge in [-0.1, -0.05) is 30.3 Å². The molecular formula is C22H30N2O4S. The first-order chi connectivity index (χ1) is 14.0. The van der Waals surface area contributed by atoms with Gasteiger partial charge in [0.05, 0.1) is 24.7 Å². The van der Waals surface area contributed by atoms with Crippen molar-refractivity contribution in [1.82, 2.24) is 9.62 Å². The van der Waals surface area contributed by atoms with Crippen molar-refractivity contribution in [2.45, 2.75) is 30.8 Å². The van der Waals surface area contributed by atoms with Crippen molar-refractivity contribution >= 4 is 10.0 Å². The molecule has 3 rings (SSSR count). The van der Waals surface area contributed by atoms with E-state index >= 15 is 0 Å². The Bertz CT molecular complexity index is 887. The van der Waals surface area contributed by atoms with Crippen molar-refractivity contribution in [2.75, 3.05) is 39.9 Å². The number of benzene rings is 2. The molecule has 0 unspecified atom stereocenters. The van der Waals surface area contributed by atoms with Gasteiger partial charge in [-0.2, -0.15) is 0 Å². The van der Waals surface area contributed by atoms with E-state index in [1.165, 1.54) is 5.56 Å². The van der Waals surface area contributed by atoms with E-state index in [4.69, 9.17) is 9.47 Å². The molecule has 0 radical (unpaired) electrons. The summed E-state index contributed by atoms with van der Waals surface area (Å²) in [7, 11) is -1.94. The molecule has 2 aromatic rings. The van der Waals surface area contributed by atoms with Crippen LogP contribution in [0.15, 0.2) is 53.4 Å². The normalized spacial score (nSPS) is 17.9. The first-order valence-corrected chi connectivity index (χ1v) is 11.5. The van der Waals surface area contributed by atoms with Crippen LogP contribution >= 0.6 is 0 Å². The first-order valence-electron chi connectivity index (χ1n) is 10.0. The van der Waals surface area contributed by atoms with Crippen molar-refractivity contribution in [2.24, 2.45) is 0 Å². The standard InChI is InChI=1S/C22H30N2O4S/c1-18-16-20(27-2)10-11-22(18)29(25,26)23-12-6-7-13-24-14-15-28-21(17-24)19-8-4-3-5-9-19/h3-5,8-11,16,21,23H,6-7,12-15,17H2,1-2H3/t21-/m0/s1. The second kappa shape index (κ2) is 10.2. The van der Waals surface area contributed by atoms with Crippen LogP contribution in [0.4, 0.5) is 0 Å². The van der Waals surface area contributed by atoms with E-state index in [9.17, 15) is 8.42 Å². The molecule has 2 aromatic carbocycles. The molecule has 7 heteroatoms. The molecule has 1 heterocycles. The molecule has 1 atom stereocenters. The van der Waals surface area contributed by atoms with Gasteiger partial charge in [-0.15, -0.1) is 0 Å². The van der Waals surface area contributed by atoms with Crippen LogP contribution < -0.4 is 9.46 Å². The Morgan fingerprint density at radius 3 is 2.69 bits per heavy atom. The molecule has 0 amide bonds. The summed E-state index contributed by atoms with van der Waals surface area (Å²) in [5.41, 5.74) is 1.89. The van der Waals surface area contributed by atoms with Gasteiger partial charge in [-0.05, 0) is 55.6 Å². The minimum Gasteiger partial charge on any atom is -0.497 e. The lowest BCUT2D eigenvalue weighted by Crippen LogP contribution is -2.39. The second-order valence-corrected chi connectivity index (χ2v) is 9.04. The molecule has 0 spiro atoms. The van der Waals surface area contributed by atoms with Crippen LogP contribution in [-0.2, 0) is 14.8 Å². The van der Waals surface area contributed by atoms with Crippen LogP contribution in [0.5, 0.6) is 5.75 Å².